The second-order valence-electron chi connectivity index (χ2n) is 9.96. The van der Waals surface area contributed by atoms with Gasteiger partial charge in [0.15, 0.2) is 9.84 Å². The minimum Gasteiger partial charge on any atom is -0.445 e. The Morgan fingerprint density at radius 2 is 1.51 bits per heavy atom. The molecule has 1 aliphatic rings. The van der Waals surface area contributed by atoms with Gasteiger partial charge in [-0.05, 0) is 64.2 Å². The van der Waals surface area contributed by atoms with Crippen LogP contribution in [0.25, 0.3) is 0 Å². The molecule has 0 unspecified atom stereocenters. The minimum atomic E-state index is -3.68. The van der Waals surface area contributed by atoms with Gasteiger partial charge in [0.1, 0.15) is 12.2 Å². The Kier molecular flexibility index (Phi) is 8.43. The SMILES string of the molecule is CC(C)(C)OC(=O)NC1CCC(CS(=O)(=O)c2ccccc2)(NC(=O)OCc2ccccc2)CC1. The number of ether oxygens (including phenoxy) is 2. The van der Waals surface area contributed by atoms with Crippen molar-refractivity contribution in [2.24, 2.45) is 0 Å². The zero-order valence-electron chi connectivity index (χ0n) is 20.5. The van der Waals surface area contributed by atoms with Crippen molar-refractivity contribution in [3.8, 4) is 0 Å². The van der Waals surface area contributed by atoms with Crippen molar-refractivity contribution in [1.82, 2.24) is 10.6 Å². The Bertz CT molecular complexity index is 1090. The van der Waals surface area contributed by atoms with Gasteiger partial charge in [-0.25, -0.2) is 18.0 Å². The van der Waals surface area contributed by atoms with E-state index in [1.54, 1.807) is 51.1 Å². The van der Waals surface area contributed by atoms with Crippen LogP contribution in [-0.4, -0.2) is 43.5 Å². The first kappa shape index (κ1) is 26.5. The third-order valence-corrected chi connectivity index (χ3v) is 7.74. The third-order valence-electron chi connectivity index (χ3n) is 5.81. The maximum absolute atomic E-state index is 13.2. The van der Waals surface area contributed by atoms with Gasteiger partial charge in [-0.15, -0.1) is 0 Å². The predicted molar refractivity (Wildman–Crippen MR) is 133 cm³/mol. The lowest BCUT2D eigenvalue weighted by Gasteiger charge is -2.40. The van der Waals surface area contributed by atoms with E-state index in [0.717, 1.165) is 5.56 Å². The Balaban J connectivity index is 1.70. The van der Waals surface area contributed by atoms with Gasteiger partial charge in [0.05, 0.1) is 16.2 Å². The highest BCUT2D eigenvalue weighted by atomic mass is 32.2. The van der Waals surface area contributed by atoms with Gasteiger partial charge < -0.3 is 20.1 Å². The summed E-state index contributed by atoms with van der Waals surface area (Å²) in [6.07, 6.45) is 0.517. The predicted octanol–water partition coefficient (Wildman–Crippen LogP) is 4.59. The van der Waals surface area contributed by atoms with Crippen LogP contribution in [0.2, 0.25) is 0 Å². The average Bonchev–Trinajstić information content (AvgIpc) is 2.79. The van der Waals surface area contributed by atoms with E-state index in [1.807, 2.05) is 30.3 Å². The molecule has 1 aliphatic carbocycles. The molecule has 190 valence electrons. The Hall–Kier alpha value is -3.07. The normalized spacial score (nSPS) is 20.5. The maximum atomic E-state index is 13.2. The monoisotopic (exact) mass is 502 g/mol. The number of hydrogen-bond acceptors (Lipinski definition) is 6. The number of carbonyl (C=O) groups excluding carboxylic acids is 2. The highest BCUT2D eigenvalue weighted by molar-refractivity contribution is 7.91. The largest absolute Gasteiger partial charge is 0.445 e. The summed E-state index contributed by atoms with van der Waals surface area (Å²) in [5.41, 5.74) is -0.802. The van der Waals surface area contributed by atoms with E-state index in [4.69, 9.17) is 9.47 Å². The molecule has 2 aromatic carbocycles. The zero-order chi connectivity index (χ0) is 25.5. The molecule has 2 aromatic rings. The lowest BCUT2D eigenvalue weighted by molar-refractivity contribution is 0.0478. The molecule has 9 heteroatoms. The molecule has 35 heavy (non-hydrogen) atoms. The summed E-state index contributed by atoms with van der Waals surface area (Å²) in [7, 11) is -3.68. The fourth-order valence-electron chi connectivity index (χ4n) is 4.14. The Morgan fingerprint density at radius 3 is 2.09 bits per heavy atom. The summed E-state index contributed by atoms with van der Waals surface area (Å²) in [6, 6.07) is 17.3. The molecular weight excluding hydrogens is 468 g/mol. The van der Waals surface area contributed by atoms with Crippen molar-refractivity contribution in [3.05, 3.63) is 66.2 Å². The smallest absolute Gasteiger partial charge is 0.407 e. The van der Waals surface area contributed by atoms with E-state index < -0.39 is 33.2 Å². The fourth-order valence-corrected chi connectivity index (χ4v) is 5.97. The quantitative estimate of drug-likeness (QED) is 0.573. The first-order valence-corrected chi connectivity index (χ1v) is 13.4. The van der Waals surface area contributed by atoms with Gasteiger partial charge in [-0.2, -0.15) is 0 Å². The van der Waals surface area contributed by atoms with Gasteiger partial charge >= 0.3 is 12.2 Å². The van der Waals surface area contributed by atoms with E-state index in [-0.39, 0.29) is 23.3 Å². The summed E-state index contributed by atoms with van der Waals surface area (Å²) in [4.78, 5) is 25.1. The number of rotatable bonds is 7. The van der Waals surface area contributed by atoms with E-state index in [9.17, 15) is 18.0 Å². The van der Waals surface area contributed by atoms with Crippen LogP contribution >= 0.6 is 0 Å². The topological polar surface area (TPSA) is 111 Å². The molecule has 8 nitrogen and oxygen atoms in total. The molecule has 2 amide bonds. The van der Waals surface area contributed by atoms with Crippen LogP contribution in [0.3, 0.4) is 0 Å². The lowest BCUT2D eigenvalue weighted by Crippen LogP contribution is -2.57. The van der Waals surface area contributed by atoms with Crippen LogP contribution in [0.4, 0.5) is 9.59 Å². The minimum absolute atomic E-state index is 0.0804. The number of nitrogens with one attached hydrogen (secondary N) is 2. The Labute approximate surface area is 207 Å². The molecular formula is C26H34N2O6S. The molecule has 0 radical (unpaired) electrons. The molecule has 0 spiro atoms. The van der Waals surface area contributed by atoms with E-state index in [2.05, 4.69) is 10.6 Å². The van der Waals surface area contributed by atoms with Crippen LogP contribution in [0.15, 0.2) is 65.6 Å². The number of hydrogen-bond donors (Lipinski definition) is 2. The molecule has 0 aromatic heterocycles. The number of carbonyl (C=O) groups is 2. The van der Waals surface area contributed by atoms with Gasteiger partial charge in [0.2, 0.25) is 0 Å². The zero-order valence-corrected chi connectivity index (χ0v) is 21.3. The van der Waals surface area contributed by atoms with Crippen LogP contribution in [0.1, 0.15) is 52.0 Å². The lowest BCUT2D eigenvalue weighted by atomic mass is 9.80. The molecule has 2 N–H and O–H groups in total. The summed E-state index contributed by atoms with van der Waals surface area (Å²) >= 11 is 0. The first-order chi connectivity index (χ1) is 16.5. The summed E-state index contributed by atoms with van der Waals surface area (Å²) < 4.78 is 37.1. The van der Waals surface area contributed by atoms with Crippen LogP contribution in [0.5, 0.6) is 0 Å². The van der Waals surface area contributed by atoms with Crippen LogP contribution < -0.4 is 10.6 Å². The van der Waals surface area contributed by atoms with Crippen LogP contribution in [-0.2, 0) is 25.9 Å². The second kappa shape index (κ2) is 11.1. The molecule has 0 heterocycles. The molecule has 0 aliphatic heterocycles. The number of sulfone groups is 1. The van der Waals surface area contributed by atoms with Crippen molar-refractivity contribution >= 4 is 22.0 Å². The third kappa shape index (κ3) is 8.28. The fraction of sp³-hybridized carbons (Fsp3) is 0.462. The summed E-state index contributed by atoms with van der Waals surface area (Å²) in [5.74, 6) is -0.260. The standard InChI is InChI=1S/C26H34N2O6S/c1-25(2,3)34-23(29)27-21-14-16-26(17-15-21,19-35(31,32)22-12-8-5-9-13-22)28-24(30)33-18-20-10-6-4-7-11-20/h4-13,21H,14-19H2,1-3H3,(H,27,29)(H,28,30). The highest BCUT2D eigenvalue weighted by Gasteiger charge is 2.42. The van der Waals surface area contributed by atoms with E-state index in [0.29, 0.717) is 25.7 Å². The van der Waals surface area contributed by atoms with Crippen molar-refractivity contribution in [3.63, 3.8) is 0 Å². The number of benzene rings is 2. The van der Waals surface area contributed by atoms with Gasteiger partial charge in [-0.3, -0.25) is 0 Å². The Morgan fingerprint density at radius 1 is 0.943 bits per heavy atom. The molecule has 3 rings (SSSR count). The van der Waals surface area contributed by atoms with Crippen molar-refractivity contribution in [1.29, 1.82) is 0 Å². The van der Waals surface area contributed by atoms with Crippen molar-refractivity contribution < 1.29 is 27.5 Å². The summed E-state index contributed by atoms with van der Waals surface area (Å²) in [6.45, 7) is 5.45. The highest BCUT2D eigenvalue weighted by Crippen LogP contribution is 2.32. The van der Waals surface area contributed by atoms with E-state index in [1.165, 1.54) is 0 Å². The van der Waals surface area contributed by atoms with Gasteiger partial charge in [0, 0.05) is 6.04 Å². The van der Waals surface area contributed by atoms with E-state index >= 15 is 0 Å². The van der Waals surface area contributed by atoms with Crippen LogP contribution in [0, 0.1) is 0 Å². The number of amides is 2. The average molecular weight is 503 g/mol. The molecule has 0 saturated heterocycles. The molecule has 0 bridgehead atoms. The molecule has 0 atom stereocenters. The molecule has 1 fully saturated rings. The second-order valence-corrected chi connectivity index (χ2v) is 11.9. The van der Waals surface area contributed by atoms with Gasteiger partial charge in [0.25, 0.3) is 0 Å². The van der Waals surface area contributed by atoms with Crippen molar-refractivity contribution in [2.75, 3.05) is 5.75 Å². The van der Waals surface area contributed by atoms with Crippen molar-refractivity contribution in [2.45, 2.75) is 75.1 Å². The molecule has 1 saturated carbocycles. The van der Waals surface area contributed by atoms with Gasteiger partial charge in [-0.1, -0.05) is 48.5 Å². The first-order valence-electron chi connectivity index (χ1n) is 11.7. The number of alkyl carbamates (subject to hydrolysis) is 2. The maximum Gasteiger partial charge on any atom is 0.407 e. The summed E-state index contributed by atoms with van der Waals surface area (Å²) in [5, 5.41) is 5.71.